The molecule has 0 bridgehead atoms. The van der Waals surface area contributed by atoms with E-state index >= 15 is 0 Å². The van der Waals surface area contributed by atoms with Gasteiger partial charge < -0.3 is 9.47 Å². The van der Waals surface area contributed by atoms with Crippen molar-refractivity contribution in [2.45, 2.75) is 45.2 Å². The first-order chi connectivity index (χ1) is 14.7. The second kappa shape index (κ2) is 8.46. The Labute approximate surface area is 180 Å². The number of amides is 1. The fourth-order valence-corrected chi connectivity index (χ4v) is 4.32. The van der Waals surface area contributed by atoms with Crippen LogP contribution in [0.2, 0.25) is 0 Å². The van der Waals surface area contributed by atoms with Gasteiger partial charge in [-0.25, -0.2) is 4.98 Å². The van der Waals surface area contributed by atoms with Crippen molar-refractivity contribution in [2.75, 3.05) is 18.1 Å². The van der Waals surface area contributed by atoms with E-state index in [-0.39, 0.29) is 29.5 Å². The molecule has 1 atom stereocenters. The highest BCUT2D eigenvalue weighted by molar-refractivity contribution is 7.22. The van der Waals surface area contributed by atoms with Gasteiger partial charge in [0, 0.05) is 24.9 Å². The first-order valence-corrected chi connectivity index (χ1v) is 10.7. The van der Waals surface area contributed by atoms with E-state index in [1.54, 1.807) is 16.9 Å². The van der Waals surface area contributed by atoms with Gasteiger partial charge in [-0.05, 0) is 44.9 Å². The summed E-state index contributed by atoms with van der Waals surface area (Å²) in [5.41, 5.74) is 0.749. The predicted molar refractivity (Wildman–Crippen MR) is 110 cm³/mol. The summed E-state index contributed by atoms with van der Waals surface area (Å²) < 4.78 is 49.5. The molecule has 0 saturated carbocycles. The van der Waals surface area contributed by atoms with Crippen LogP contribution in [-0.2, 0) is 4.74 Å². The van der Waals surface area contributed by atoms with Gasteiger partial charge in [0.25, 0.3) is 5.91 Å². The lowest BCUT2D eigenvalue weighted by Gasteiger charge is -2.22. The second-order valence-electron chi connectivity index (χ2n) is 7.50. The molecule has 0 N–H and O–H groups in total. The number of hydrogen-bond acceptors (Lipinski definition) is 6. The van der Waals surface area contributed by atoms with Gasteiger partial charge in [0.2, 0.25) is 0 Å². The van der Waals surface area contributed by atoms with Gasteiger partial charge in [-0.1, -0.05) is 11.3 Å². The van der Waals surface area contributed by atoms with Gasteiger partial charge in [-0.3, -0.25) is 14.4 Å². The fraction of sp³-hybridized carbons (Fsp3) is 0.450. The Balaban J connectivity index is 1.66. The predicted octanol–water partition coefficient (Wildman–Crippen LogP) is 4.80. The van der Waals surface area contributed by atoms with Crippen molar-refractivity contribution in [3.63, 3.8) is 0 Å². The molecule has 1 aliphatic heterocycles. The second-order valence-corrected chi connectivity index (χ2v) is 8.51. The van der Waals surface area contributed by atoms with Gasteiger partial charge in [0.1, 0.15) is 5.75 Å². The fourth-order valence-electron chi connectivity index (χ4n) is 3.32. The standard InChI is InChI=1S/C20H21F3N4O3S/c1-12(2)27-8-7-16(25-27)18(28)26(11-14-4-3-9-29-14)19-24-15-6-5-13(10-17(15)31-19)30-20(21,22)23/h5-8,10,12,14H,3-4,9,11H2,1-2H3. The number of alkyl halides is 3. The average Bonchev–Trinajstić information content (AvgIpc) is 3.43. The third-order valence-electron chi connectivity index (χ3n) is 4.82. The van der Waals surface area contributed by atoms with Crippen LogP contribution < -0.4 is 9.64 Å². The highest BCUT2D eigenvalue weighted by Crippen LogP contribution is 2.34. The van der Waals surface area contributed by atoms with Crippen LogP contribution in [0.15, 0.2) is 30.5 Å². The number of benzene rings is 1. The van der Waals surface area contributed by atoms with Crippen molar-refractivity contribution in [3.8, 4) is 5.75 Å². The molecule has 0 aliphatic carbocycles. The molecule has 1 saturated heterocycles. The van der Waals surface area contributed by atoms with E-state index in [0.717, 1.165) is 24.2 Å². The summed E-state index contributed by atoms with van der Waals surface area (Å²) in [5.74, 6) is -0.663. The van der Waals surface area contributed by atoms with E-state index in [1.165, 1.54) is 23.1 Å². The molecule has 0 spiro atoms. The number of nitrogens with zero attached hydrogens (tertiary/aromatic N) is 4. The highest BCUT2D eigenvalue weighted by atomic mass is 32.1. The summed E-state index contributed by atoms with van der Waals surface area (Å²) in [6.45, 7) is 4.84. The quantitative estimate of drug-likeness (QED) is 0.535. The molecule has 166 valence electrons. The molecule has 2 aromatic heterocycles. The molecule has 1 aromatic carbocycles. The third kappa shape index (κ3) is 4.99. The molecule has 11 heteroatoms. The lowest BCUT2D eigenvalue weighted by molar-refractivity contribution is -0.274. The number of thiazole rings is 1. The number of carbonyl (C=O) groups excluding carboxylic acids is 1. The van der Waals surface area contributed by atoms with Crippen LogP contribution in [0.5, 0.6) is 5.75 Å². The van der Waals surface area contributed by atoms with E-state index in [9.17, 15) is 18.0 Å². The molecule has 1 fully saturated rings. The summed E-state index contributed by atoms with van der Waals surface area (Å²) in [4.78, 5) is 19.3. The Morgan fingerprint density at radius 3 is 2.84 bits per heavy atom. The molecular weight excluding hydrogens is 433 g/mol. The Hall–Kier alpha value is -2.66. The first-order valence-electron chi connectivity index (χ1n) is 9.84. The first kappa shape index (κ1) is 21.6. The minimum Gasteiger partial charge on any atom is -0.406 e. The Bertz CT molecular complexity index is 1070. The number of aromatic nitrogens is 3. The van der Waals surface area contributed by atoms with Crippen LogP contribution in [-0.4, -0.2) is 46.3 Å². The molecule has 1 unspecified atom stereocenters. The normalized spacial score (nSPS) is 16.9. The van der Waals surface area contributed by atoms with Crippen LogP contribution in [0.1, 0.15) is 43.2 Å². The maximum Gasteiger partial charge on any atom is 0.573 e. The van der Waals surface area contributed by atoms with Crippen LogP contribution in [0.25, 0.3) is 10.2 Å². The van der Waals surface area contributed by atoms with Gasteiger partial charge in [-0.15, -0.1) is 13.2 Å². The number of halogens is 3. The van der Waals surface area contributed by atoms with Crippen LogP contribution >= 0.6 is 11.3 Å². The SMILES string of the molecule is CC(C)n1ccc(C(=O)N(CC2CCCO2)c2nc3ccc(OC(F)(F)F)cc3s2)n1. The zero-order valence-electron chi connectivity index (χ0n) is 16.9. The molecule has 1 aliphatic rings. The average molecular weight is 454 g/mol. The van der Waals surface area contributed by atoms with Crippen molar-refractivity contribution >= 4 is 32.6 Å². The smallest absolute Gasteiger partial charge is 0.406 e. The Kier molecular flexibility index (Phi) is 5.89. The molecule has 31 heavy (non-hydrogen) atoms. The van der Waals surface area contributed by atoms with Crippen molar-refractivity contribution < 1.29 is 27.4 Å². The number of fused-ring (bicyclic) bond motifs is 1. The van der Waals surface area contributed by atoms with E-state index < -0.39 is 6.36 Å². The van der Waals surface area contributed by atoms with Crippen LogP contribution in [0.3, 0.4) is 0 Å². The largest absolute Gasteiger partial charge is 0.573 e. The number of carbonyl (C=O) groups is 1. The molecular formula is C20H21F3N4O3S. The van der Waals surface area contributed by atoms with Crippen molar-refractivity contribution in [1.82, 2.24) is 14.8 Å². The Morgan fingerprint density at radius 2 is 2.19 bits per heavy atom. The van der Waals surface area contributed by atoms with Gasteiger partial charge in [0.05, 0.1) is 22.9 Å². The van der Waals surface area contributed by atoms with Gasteiger partial charge in [0.15, 0.2) is 10.8 Å². The molecule has 3 aromatic rings. The molecule has 1 amide bonds. The number of rotatable bonds is 6. The van der Waals surface area contributed by atoms with Crippen molar-refractivity contribution in [2.24, 2.45) is 0 Å². The summed E-state index contributed by atoms with van der Waals surface area (Å²) in [5, 5.41) is 4.73. The molecule has 4 rings (SSSR count). The number of hydrogen-bond donors (Lipinski definition) is 0. The summed E-state index contributed by atoms with van der Waals surface area (Å²) in [6, 6.07) is 5.66. The monoisotopic (exact) mass is 454 g/mol. The van der Waals surface area contributed by atoms with E-state index in [1.807, 2.05) is 13.8 Å². The van der Waals surface area contributed by atoms with Crippen LogP contribution in [0.4, 0.5) is 18.3 Å². The lowest BCUT2D eigenvalue weighted by Crippen LogP contribution is -2.37. The molecule has 7 nitrogen and oxygen atoms in total. The Morgan fingerprint density at radius 1 is 1.39 bits per heavy atom. The minimum absolute atomic E-state index is 0.0997. The maximum absolute atomic E-state index is 13.3. The zero-order chi connectivity index (χ0) is 22.2. The lowest BCUT2D eigenvalue weighted by atomic mass is 10.2. The van der Waals surface area contributed by atoms with E-state index in [2.05, 4.69) is 14.8 Å². The van der Waals surface area contributed by atoms with E-state index in [0.29, 0.717) is 28.5 Å². The summed E-state index contributed by atoms with van der Waals surface area (Å²) in [7, 11) is 0. The summed E-state index contributed by atoms with van der Waals surface area (Å²) >= 11 is 1.12. The van der Waals surface area contributed by atoms with Crippen molar-refractivity contribution in [3.05, 3.63) is 36.2 Å². The van der Waals surface area contributed by atoms with E-state index in [4.69, 9.17) is 4.74 Å². The molecule has 3 heterocycles. The van der Waals surface area contributed by atoms with Crippen molar-refractivity contribution in [1.29, 1.82) is 0 Å². The number of ether oxygens (including phenoxy) is 2. The van der Waals surface area contributed by atoms with Gasteiger partial charge >= 0.3 is 6.36 Å². The molecule has 0 radical (unpaired) electrons. The zero-order valence-corrected chi connectivity index (χ0v) is 17.7. The minimum atomic E-state index is -4.78. The number of anilines is 1. The summed E-state index contributed by atoms with van der Waals surface area (Å²) in [6.07, 6.45) is -1.45. The maximum atomic E-state index is 13.3. The topological polar surface area (TPSA) is 69.5 Å². The van der Waals surface area contributed by atoms with Crippen LogP contribution in [0, 0.1) is 0 Å². The third-order valence-corrected chi connectivity index (χ3v) is 5.87. The highest BCUT2D eigenvalue weighted by Gasteiger charge is 2.32. The van der Waals surface area contributed by atoms with Gasteiger partial charge in [-0.2, -0.15) is 5.10 Å².